The second-order valence-corrected chi connectivity index (χ2v) is 2.04. The molecule has 0 saturated carbocycles. The molecular formula is C7H17NZn. The maximum absolute atomic E-state index is 6.21. The largest absolute Gasteiger partial charge is 2.00 e. The molecule has 0 spiro atoms. The second kappa shape index (κ2) is 15.8. The zero-order valence-corrected chi connectivity index (χ0v) is 9.87. The Balaban J connectivity index is -0.0000000800. The van der Waals surface area contributed by atoms with Gasteiger partial charge in [-0.05, 0) is 0 Å². The van der Waals surface area contributed by atoms with E-state index in [1.807, 2.05) is 0 Å². The van der Waals surface area contributed by atoms with Crippen LogP contribution in [0.5, 0.6) is 0 Å². The molecular weight excluding hydrogens is 163 g/mol. The summed E-state index contributed by atoms with van der Waals surface area (Å²) in [6, 6.07) is 0. The van der Waals surface area contributed by atoms with Crippen molar-refractivity contribution in [3.63, 3.8) is 0 Å². The Hall–Kier alpha value is 0.583. The minimum atomic E-state index is 0. The van der Waals surface area contributed by atoms with Crippen LogP contribution in [0.4, 0.5) is 0 Å². The van der Waals surface area contributed by atoms with Crippen molar-refractivity contribution in [2.75, 3.05) is 6.54 Å². The van der Waals surface area contributed by atoms with Gasteiger partial charge in [0.1, 0.15) is 0 Å². The van der Waals surface area contributed by atoms with Crippen molar-refractivity contribution in [3.8, 4) is 0 Å². The topological polar surface area (TPSA) is 23.8 Å². The maximum atomic E-state index is 6.21. The summed E-state index contributed by atoms with van der Waals surface area (Å²) >= 11 is 0. The number of rotatable bonds is 1. The Kier molecular flexibility index (Phi) is 28.7. The van der Waals surface area contributed by atoms with E-state index in [4.69, 9.17) is 5.73 Å². The molecule has 2 heteroatoms. The molecule has 0 aromatic heterocycles. The van der Waals surface area contributed by atoms with Crippen molar-refractivity contribution >= 4 is 0 Å². The number of nitrogens with one attached hydrogen (secondary N) is 1. The van der Waals surface area contributed by atoms with E-state index in [1.54, 1.807) is 6.92 Å². The Bertz CT molecular complexity index is 30.1. The fraction of sp³-hybridized carbons (Fsp3) is 0.857. The SMILES string of the molecule is CC[NH-].[CH2-]CC(C)C.[Zn+2]. The molecule has 0 saturated heterocycles. The fourth-order valence-corrected chi connectivity index (χ4v) is 0. The normalized spacial score (nSPS) is 7.33. The minimum absolute atomic E-state index is 0. The van der Waals surface area contributed by atoms with E-state index in [0.717, 1.165) is 12.3 Å². The van der Waals surface area contributed by atoms with Gasteiger partial charge in [-0.1, -0.05) is 26.7 Å². The molecule has 0 bridgehead atoms. The van der Waals surface area contributed by atoms with Crippen LogP contribution in [0.1, 0.15) is 27.2 Å². The summed E-state index contributed by atoms with van der Waals surface area (Å²) in [6.07, 6.45) is 1.06. The van der Waals surface area contributed by atoms with E-state index in [0.29, 0.717) is 6.54 Å². The van der Waals surface area contributed by atoms with Gasteiger partial charge in [-0.3, -0.25) is 0 Å². The average Bonchev–Trinajstić information content (AvgIpc) is 1.69. The standard InChI is InChI=1S/C5H11.C2H6N.Zn/c1-4-5(2)3;1-2-3;/h5H,1,4H2,2-3H3;3H,2H2,1H3;/q2*-1;+2. The molecule has 0 rings (SSSR count). The third-order valence-electron chi connectivity index (χ3n) is 0.577. The molecule has 0 aliphatic carbocycles. The van der Waals surface area contributed by atoms with Gasteiger partial charge in [0, 0.05) is 0 Å². The molecule has 0 atom stereocenters. The van der Waals surface area contributed by atoms with Crippen LogP contribution >= 0.6 is 0 Å². The van der Waals surface area contributed by atoms with Crippen LogP contribution in [0.2, 0.25) is 0 Å². The summed E-state index contributed by atoms with van der Waals surface area (Å²) in [4.78, 5) is 0. The quantitative estimate of drug-likeness (QED) is 0.438. The van der Waals surface area contributed by atoms with Gasteiger partial charge in [0.25, 0.3) is 0 Å². The van der Waals surface area contributed by atoms with E-state index < -0.39 is 0 Å². The molecule has 0 aliphatic rings. The summed E-state index contributed by atoms with van der Waals surface area (Å²) in [5, 5.41) is 0. The third-order valence-corrected chi connectivity index (χ3v) is 0.577. The predicted octanol–water partition coefficient (Wildman–Crippen LogP) is 2.92. The first-order chi connectivity index (χ1) is 3.68. The van der Waals surface area contributed by atoms with Crippen molar-refractivity contribution in [1.82, 2.24) is 0 Å². The first-order valence-corrected chi connectivity index (χ1v) is 3.12. The Labute approximate surface area is 72.2 Å². The van der Waals surface area contributed by atoms with E-state index in [1.165, 1.54) is 0 Å². The first kappa shape index (κ1) is 16.3. The van der Waals surface area contributed by atoms with E-state index in [-0.39, 0.29) is 19.5 Å². The molecule has 0 unspecified atom stereocenters. The fourth-order valence-electron chi connectivity index (χ4n) is 0. The van der Waals surface area contributed by atoms with Crippen molar-refractivity contribution in [1.29, 1.82) is 0 Å². The molecule has 0 fully saturated rings. The molecule has 0 radical (unpaired) electrons. The average molecular weight is 181 g/mol. The van der Waals surface area contributed by atoms with Crippen molar-refractivity contribution in [2.24, 2.45) is 5.92 Å². The van der Waals surface area contributed by atoms with Gasteiger partial charge in [-0.2, -0.15) is 13.0 Å². The van der Waals surface area contributed by atoms with Crippen molar-refractivity contribution in [2.45, 2.75) is 27.2 Å². The van der Waals surface area contributed by atoms with Crippen LogP contribution in [0, 0.1) is 12.8 Å². The monoisotopic (exact) mass is 179 g/mol. The summed E-state index contributed by atoms with van der Waals surface area (Å²) < 4.78 is 0. The Morgan fingerprint density at radius 1 is 1.44 bits per heavy atom. The summed E-state index contributed by atoms with van der Waals surface area (Å²) in [5.41, 5.74) is 6.21. The number of hydrogen-bond donors (Lipinski definition) is 0. The molecule has 1 N–H and O–H groups in total. The van der Waals surface area contributed by atoms with E-state index >= 15 is 0 Å². The van der Waals surface area contributed by atoms with Gasteiger partial charge in [0.2, 0.25) is 0 Å². The zero-order valence-electron chi connectivity index (χ0n) is 6.91. The van der Waals surface area contributed by atoms with E-state index in [9.17, 15) is 0 Å². The van der Waals surface area contributed by atoms with Crippen LogP contribution in [0.25, 0.3) is 5.73 Å². The predicted molar refractivity (Wildman–Crippen MR) is 39.7 cm³/mol. The summed E-state index contributed by atoms with van der Waals surface area (Å²) in [6.45, 7) is 10.3. The third kappa shape index (κ3) is 55.7. The van der Waals surface area contributed by atoms with Crippen LogP contribution in [0.3, 0.4) is 0 Å². The van der Waals surface area contributed by atoms with Gasteiger partial charge in [-0.25, -0.2) is 0 Å². The first-order valence-electron chi connectivity index (χ1n) is 3.12. The van der Waals surface area contributed by atoms with Crippen LogP contribution < -0.4 is 0 Å². The summed E-state index contributed by atoms with van der Waals surface area (Å²) in [5.74, 6) is 0.773. The second-order valence-electron chi connectivity index (χ2n) is 2.04. The molecule has 52 valence electrons. The molecule has 0 aromatic carbocycles. The molecule has 9 heavy (non-hydrogen) atoms. The van der Waals surface area contributed by atoms with Gasteiger partial charge in [0.15, 0.2) is 0 Å². The van der Waals surface area contributed by atoms with Crippen LogP contribution in [-0.2, 0) is 19.5 Å². The molecule has 1 nitrogen and oxygen atoms in total. The molecule has 0 aromatic rings. The Morgan fingerprint density at radius 2 is 1.56 bits per heavy atom. The van der Waals surface area contributed by atoms with Crippen molar-refractivity contribution in [3.05, 3.63) is 12.7 Å². The number of hydrogen-bond acceptors (Lipinski definition) is 0. The molecule has 0 aliphatic heterocycles. The van der Waals surface area contributed by atoms with Crippen molar-refractivity contribution < 1.29 is 19.5 Å². The summed E-state index contributed by atoms with van der Waals surface area (Å²) in [7, 11) is 0. The zero-order chi connectivity index (χ0) is 6.99. The van der Waals surface area contributed by atoms with Gasteiger partial charge in [-0.15, -0.1) is 0 Å². The Morgan fingerprint density at radius 3 is 1.56 bits per heavy atom. The van der Waals surface area contributed by atoms with E-state index in [2.05, 4.69) is 20.8 Å². The van der Waals surface area contributed by atoms with Gasteiger partial charge in [0.05, 0.1) is 0 Å². The van der Waals surface area contributed by atoms with Crippen LogP contribution in [0.15, 0.2) is 0 Å². The van der Waals surface area contributed by atoms with Gasteiger partial charge < -0.3 is 12.7 Å². The minimum Gasteiger partial charge on any atom is -0.678 e. The van der Waals surface area contributed by atoms with Gasteiger partial charge >= 0.3 is 19.5 Å². The maximum Gasteiger partial charge on any atom is 2.00 e. The smallest absolute Gasteiger partial charge is 0.678 e. The van der Waals surface area contributed by atoms with Crippen LogP contribution in [-0.4, -0.2) is 6.54 Å². The molecule has 0 amide bonds. The molecule has 0 heterocycles.